The van der Waals surface area contributed by atoms with Gasteiger partial charge in [0.2, 0.25) is 0 Å². The summed E-state index contributed by atoms with van der Waals surface area (Å²) in [6.45, 7) is 3.27. The van der Waals surface area contributed by atoms with Gasteiger partial charge in [0.15, 0.2) is 0 Å². The molecule has 0 aliphatic carbocycles. The smallest absolute Gasteiger partial charge is 0.293 e. The van der Waals surface area contributed by atoms with Crippen LogP contribution in [0, 0.1) is 10.1 Å². The van der Waals surface area contributed by atoms with Gasteiger partial charge in [-0.15, -0.1) is 0 Å². The fourth-order valence-corrected chi connectivity index (χ4v) is 2.14. The molecule has 1 aromatic heterocycles. The molecule has 0 unspecified atom stereocenters. The predicted octanol–water partition coefficient (Wildman–Crippen LogP) is 3.19. The number of hydrogen-bond acceptors (Lipinski definition) is 4. The topological polar surface area (TPSA) is 73.0 Å². The summed E-state index contributed by atoms with van der Waals surface area (Å²) in [6, 6.07) is 6.84. The largest absolute Gasteiger partial charge is 0.374 e. The van der Waals surface area contributed by atoms with Gasteiger partial charge in [0, 0.05) is 23.3 Å². The number of rotatable bonds is 5. The number of nitrogens with one attached hydrogen (secondary N) is 1. The molecule has 0 bridgehead atoms. The molecule has 100 valence electrons. The van der Waals surface area contributed by atoms with E-state index >= 15 is 0 Å². The maximum atomic E-state index is 11.0. The van der Waals surface area contributed by atoms with Crippen molar-refractivity contribution in [1.29, 1.82) is 0 Å². The normalized spacial score (nSPS) is 10.4. The minimum atomic E-state index is -0.399. The number of nitro groups is 1. The Morgan fingerprint density at radius 2 is 2.26 bits per heavy atom. The van der Waals surface area contributed by atoms with Crippen LogP contribution < -0.4 is 5.32 Å². The number of benzene rings is 1. The molecule has 0 aliphatic heterocycles. The molecule has 0 fully saturated rings. The highest BCUT2D eigenvalue weighted by Crippen LogP contribution is 2.28. The van der Waals surface area contributed by atoms with E-state index in [1.807, 2.05) is 17.7 Å². The van der Waals surface area contributed by atoms with Gasteiger partial charge < -0.3 is 5.32 Å². The van der Waals surface area contributed by atoms with Crippen molar-refractivity contribution in [3.05, 3.63) is 50.7 Å². The van der Waals surface area contributed by atoms with Gasteiger partial charge in [0.05, 0.1) is 17.2 Å². The molecule has 1 N–H and O–H groups in total. The molecule has 1 aromatic carbocycles. The fraction of sp³-hybridized carbons (Fsp3) is 0.250. The van der Waals surface area contributed by atoms with E-state index in [-0.39, 0.29) is 5.69 Å². The van der Waals surface area contributed by atoms with Crippen molar-refractivity contribution in [2.45, 2.75) is 20.0 Å². The Balaban J connectivity index is 2.18. The lowest BCUT2D eigenvalue weighted by molar-refractivity contribution is -0.384. The van der Waals surface area contributed by atoms with E-state index in [1.54, 1.807) is 18.3 Å². The fourth-order valence-electron chi connectivity index (χ4n) is 1.79. The number of nitro benzene ring substituents is 1. The summed E-state index contributed by atoms with van der Waals surface area (Å²) in [4.78, 5) is 10.6. The minimum Gasteiger partial charge on any atom is -0.374 e. The Kier molecular flexibility index (Phi) is 4.16. The van der Waals surface area contributed by atoms with Gasteiger partial charge in [-0.1, -0.05) is 15.9 Å². The maximum Gasteiger partial charge on any atom is 0.293 e. The molecule has 6 nitrogen and oxygen atoms in total. The van der Waals surface area contributed by atoms with Gasteiger partial charge in [0.25, 0.3) is 5.69 Å². The molecule has 0 saturated heterocycles. The molecule has 2 aromatic rings. The zero-order valence-corrected chi connectivity index (χ0v) is 11.9. The third-order valence-corrected chi connectivity index (χ3v) is 3.21. The van der Waals surface area contributed by atoms with Crippen LogP contribution in [-0.4, -0.2) is 14.7 Å². The van der Waals surface area contributed by atoms with Crippen LogP contribution in [0.2, 0.25) is 0 Å². The SMILES string of the molecule is CCn1nccc1CNc1ccc(Br)cc1[N+](=O)[O-]. The van der Waals surface area contributed by atoms with Crippen LogP contribution in [-0.2, 0) is 13.1 Å². The van der Waals surface area contributed by atoms with Crippen LogP contribution in [0.4, 0.5) is 11.4 Å². The molecule has 7 heteroatoms. The quantitative estimate of drug-likeness (QED) is 0.677. The summed E-state index contributed by atoms with van der Waals surface area (Å²) in [6.07, 6.45) is 1.72. The summed E-state index contributed by atoms with van der Waals surface area (Å²) < 4.78 is 2.53. The number of hydrogen-bond donors (Lipinski definition) is 1. The van der Waals surface area contributed by atoms with Crippen molar-refractivity contribution in [2.75, 3.05) is 5.32 Å². The Morgan fingerprint density at radius 1 is 1.47 bits per heavy atom. The predicted molar refractivity (Wildman–Crippen MR) is 76.0 cm³/mol. The Hall–Kier alpha value is -1.89. The summed E-state index contributed by atoms with van der Waals surface area (Å²) >= 11 is 3.23. The van der Waals surface area contributed by atoms with E-state index < -0.39 is 4.92 Å². The van der Waals surface area contributed by atoms with Crippen LogP contribution >= 0.6 is 15.9 Å². The number of aromatic nitrogens is 2. The van der Waals surface area contributed by atoms with Crippen molar-refractivity contribution in [3.63, 3.8) is 0 Å². The second-order valence-corrected chi connectivity index (χ2v) is 4.83. The Bertz CT molecular complexity index is 597. The zero-order valence-electron chi connectivity index (χ0n) is 10.3. The van der Waals surface area contributed by atoms with Gasteiger partial charge in [-0.2, -0.15) is 5.10 Å². The summed E-state index contributed by atoms with van der Waals surface area (Å²) in [5.41, 5.74) is 1.54. The Labute approximate surface area is 118 Å². The molecular formula is C12H13BrN4O2. The highest BCUT2D eigenvalue weighted by Gasteiger charge is 2.14. The average Bonchev–Trinajstić information content (AvgIpc) is 2.84. The second kappa shape index (κ2) is 5.83. The number of nitrogens with zero attached hydrogens (tertiary/aromatic N) is 3. The summed E-state index contributed by atoms with van der Waals surface area (Å²) in [5, 5.41) is 18.2. The monoisotopic (exact) mass is 324 g/mol. The standard InChI is InChI=1S/C12H13BrN4O2/c1-2-16-10(5-6-15-16)8-14-11-4-3-9(13)7-12(11)17(18)19/h3-7,14H,2,8H2,1H3. The summed E-state index contributed by atoms with van der Waals surface area (Å²) in [5.74, 6) is 0. The molecule has 0 amide bonds. The van der Waals surface area contributed by atoms with Gasteiger partial charge in [-0.3, -0.25) is 14.8 Å². The molecule has 2 rings (SSSR count). The first kappa shape index (κ1) is 13.5. The molecule has 0 atom stereocenters. The third-order valence-electron chi connectivity index (χ3n) is 2.72. The van der Waals surface area contributed by atoms with Crippen molar-refractivity contribution in [1.82, 2.24) is 9.78 Å². The van der Waals surface area contributed by atoms with Crippen molar-refractivity contribution >= 4 is 27.3 Å². The van der Waals surface area contributed by atoms with E-state index in [1.165, 1.54) is 6.07 Å². The Morgan fingerprint density at radius 3 is 2.95 bits per heavy atom. The van der Waals surface area contributed by atoms with E-state index in [9.17, 15) is 10.1 Å². The molecule has 0 saturated carbocycles. The second-order valence-electron chi connectivity index (χ2n) is 3.91. The molecule has 1 heterocycles. The highest BCUT2D eigenvalue weighted by atomic mass is 79.9. The van der Waals surface area contributed by atoms with Crippen LogP contribution in [0.15, 0.2) is 34.9 Å². The number of halogens is 1. The van der Waals surface area contributed by atoms with Crippen molar-refractivity contribution in [2.24, 2.45) is 0 Å². The first-order chi connectivity index (χ1) is 9.11. The van der Waals surface area contributed by atoms with Crippen LogP contribution in [0.1, 0.15) is 12.6 Å². The average molecular weight is 325 g/mol. The lowest BCUT2D eigenvalue weighted by Crippen LogP contribution is -2.08. The lowest BCUT2D eigenvalue weighted by Gasteiger charge is -2.08. The molecular weight excluding hydrogens is 312 g/mol. The first-order valence-electron chi connectivity index (χ1n) is 5.80. The van der Waals surface area contributed by atoms with Gasteiger partial charge in [0.1, 0.15) is 5.69 Å². The van der Waals surface area contributed by atoms with Gasteiger partial charge in [-0.05, 0) is 25.1 Å². The first-order valence-corrected chi connectivity index (χ1v) is 6.59. The highest BCUT2D eigenvalue weighted by molar-refractivity contribution is 9.10. The van der Waals surface area contributed by atoms with Crippen LogP contribution in [0.3, 0.4) is 0 Å². The van der Waals surface area contributed by atoms with Crippen molar-refractivity contribution < 1.29 is 4.92 Å². The third kappa shape index (κ3) is 3.11. The molecule has 19 heavy (non-hydrogen) atoms. The number of anilines is 1. The van der Waals surface area contributed by atoms with E-state index in [0.29, 0.717) is 16.7 Å². The van der Waals surface area contributed by atoms with Gasteiger partial charge >= 0.3 is 0 Å². The van der Waals surface area contributed by atoms with Crippen LogP contribution in [0.5, 0.6) is 0 Å². The van der Waals surface area contributed by atoms with Crippen molar-refractivity contribution in [3.8, 4) is 0 Å². The maximum absolute atomic E-state index is 11.0. The zero-order chi connectivity index (χ0) is 13.8. The van der Waals surface area contributed by atoms with Crippen LogP contribution in [0.25, 0.3) is 0 Å². The molecule has 0 aliphatic rings. The molecule has 0 radical (unpaired) electrons. The van der Waals surface area contributed by atoms with Gasteiger partial charge in [-0.25, -0.2) is 0 Å². The van der Waals surface area contributed by atoms with E-state index in [2.05, 4.69) is 26.3 Å². The summed E-state index contributed by atoms with van der Waals surface area (Å²) in [7, 11) is 0. The number of aryl methyl sites for hydroxylation is 1. The molecule has 0 spiro atoms. The minimum absolute atomic E-state index is 0.0527. The van der Waals surface area contributed by atoms with E-state index in [0.717, 1.165) is 12.2 Å². The lowest BCUT2D eigenvalue weighted by atomic mass is 10.2. The van der Waals surface area contributed by atoms with E-state index in [4.69, 9.17) is 0 Å².